The molecular formula is Cd3Cu. The average Bonchev–Trinajstić information content (AvgIpc) is 0. The third kappa shape index (κ3) is 8.99. The molecule has 0 spiro atoms. The Balaban J connectivity index is 0. The van der Waals surface area contributed by atoms with Crippen LogP contribution in [0.3, 0.4) is 0 Å². The van der Waals surface area contributed by atoms with Crippen LogP contribution in [0, 0.1) is 0 Å². The van der Waals surface area contributed by atoms with E-state index in [2.05, 4.69) is 0 Å². The SMILES string of the molecule is [Cd].[Cd].[Cd].[Cu]. The summed E-state index contributed by atoms with van der Waals surface area (Å²) in [5.74, 6) is 0. The summed E-state index contributed by atoms with van der Waals surface area (Å²) >= 11 is 0. The van der Waals surface area contributed by atoms with E-state index in [1.54, 1.807) is 0 Å². The van der Waals surface area contributed by atoms with E-state index < -0.39 is 0 Å². The van der Waals surface area contributed by atoms with Crippen LogP contribution in [-0.2, 0) is 99.0 Å². The zero-order valence-electron chi connectivity index (χ0n) is 2.42. The third-order valence-electron chi connectivity index (χ3n) is 0. The second kappa shape index (κ2) is 16.3. The van der Waals surface area contributed by atoms with Gasteiger partial charge in [0, 0.05) is 99.0 Å². The zero-order valence-corrected chi connectivity index (χ0v) is 15.5. The molecule has 0 bridgehead atoms. The summed E-state index contributed by atoms with van der Waals surface area (Å²) < 4.78 is 0. The summed E-state index contributed by atoms with van der Waals surface area (Å²) in [6, 6.07) is 0. The van der Waals surface area contributed by atoms with Crippen LogP contribution in [0.25, 0.3) is 0 Å². The molecular weight excluding hydrogens is 401 g/mol. The van der Waals surface area contributed by atoms with Crippen molar-refractivity contribution in [1.29, 1.82) is 0 Å². The first kappa shape index (κ1) is 26.7. The molecule has 0 aromatic rings. The summed E-state index contributed by atoms with van der Waals surface area (Å²) in [5.41, 5.74) is 0. The molecule has 0 aliphatic rings. The van der Waals surface area contributed by atoms with Gasteiger partial charge in [0.2, 0.25) is 0 Å². The third-order valence-corrected chi connectivity index (χ3v) is 0. The van der Waals surface area contributed by atoms with Gasteiger partial charge < -0.3 is 0 Å². The molecule has 1 radical (unpaired) electrons. The van der Waals surface area contributed by atoms with Gasteiger partial charge in [0.25, 0.3) is 0 Å². The van der Waals surface area contributed by atoms with E-state index in [1.165, 1.54) is 0 Å². The van der Waals surface area contributed by atoms with Crippen molar-refractivity contribution in [2.24, 2.45) is 0 Å². The number of rotatable bonds is 0. The van der Waals surface area contributed by atoms with Gasteiger partial charge in [0.1, 0.15) is 0 Å². The molecule has 0 nitrogen and oxygen atoms in total. The molecule has 0 heterocycles. The minimum absolute atomic E-state index is 0. The van der Waals surface area contributed by atoms with Crippen molar-refractivity contribution in [3.8, 4) is 0 Å². The van der Waals surface area contributed by atoms with E-state index in [0.29, 0.717) is 0 Å². The Morgan fingerprint density at radius 3 is 0.500 bits per heavy atom. The van der Waals surface area contributed by atoms with Crippen LogP contribution in [0.2, 0.25) is 0 Å². The van der Waals surface area contributed by atoms with Crippen LogP contribution >= 0.6 is 0 Å². The van der Waals surface area contributed by atoms with Gasteiger partial charge >= 0.3 is 0 Å². The molecule has 0 fully saturated rings. The van der Waals surface area contributed by atoms with E-state index in [9.17, 15) is 0 Å². The summed E-state index contributed by atoms with van der Waals surface area (Å²) in [6.45, 7) is 0. The van der Waals surface area contributed by atoms with Gasteiger partial charge in [-0.2, -0.15) is 0 Å². The molecule has 0 saturated heterocycles. The maximum Gasteiger partial charge on any atom is 0 e. The molecule has 0 aromatic heterocycles. The number of hydrogen-bond donors (Lipinski definition) is 0. The second-order valence-electron chi connectivity index (χ2n) is 0. The van der Waals surface area contributed by atoms with Crippen LogP contribution in [0.5, 0.6) is 0 Å². The van der Waals surface area contributed by atoms with Gasteiger partial charge in [0.05, 0.1) is 0 Å². The molecule has 4 heavy (non-hydrogen) atoms. The Hall–Kier alpha value is 3.29. The van der Waals surface area contributed by atoms with Crippen molar-refractivity contribution in [1.82, 2.24) is 0 Å². The molecule has 17 valence electrons. The summed E-state index contributed by atoms with van der Waals surface area (Å²) in [4.78, 5) is 0. The average molecular weight is 401 g/mol. The summed E-state index contributed by atoms with van der Waals surface area (Å²) in [7, 11) is 0. The van der Waals surface area contributed by atoms with Crippen molar-refractivity contribution < 1.29 is 99.0 Å². The molecule has 4 heteroatoms. The van der Waals surface area contributed by atoms with E-state index in [0.717, 1.165) is 0 Å². The Bertz CT molecular complexity index is 3.25. The van der Waals surface area contributed by atoms with E-state index >= 15 is 0 Å². The molecule has 0 unspecified atom stereocenters. The van der Waals surface area contributed by atoms with E-state index in [4.69, 9.17) is 0 Å². The quantitative estimate of drug-likeness (QED) is 0.502. The monoisotopic (exact) mass is 405 g/mol. The molecule has 0 rings (SSSR count). The molecule has 0 N–H and O–H groups in total. The Morgan fingerprint density at radius 2 is 0.500 bits per heavy atom. The summed E-state index contributed by atoms with van der Waals surface area (Å²) in [6.07, 6.45) is 0. The first-order valence-electron chi connectivity index (χ1n) is 0. The van der Waals surface area contributed by atoms with Gasteiger partial charge in [0.15, 0.2) is 0 Å². The van der Waals surface area contributed by atoms with Crippen LogP contribution in [0.15, 0.2) is 0 Å². The predicted molar refractivity (Wildman–Crippen MR) is 0 cm³/mol. The van der Waals surface area contributed by atoms with Crippen LogP contribution in [-0.4, -0.2) is 0 Å². The van der Waals surface area contributed by atoms with E-state index in [1.807, 2.05) is 0 Å². The van der Waals surface area contributed by atoms with Gasteiger partial charge in [-0.3, -0.25) is 0 Å². The van der Waals surface area contributed by atoms with Crippen LogP contribution in [0.1, 0.15) is 0 Å². The maximum atomic E-state index is 0. The Labute approximate surface area is 96.8 Å². The molecule has 0 saturated carbocycles. The summed E-state index contributed by atoms with van der Waals surface area (Å²) in [5, 5.41) is 0. The Kier molecular flexibility index (Phi) is 108. The fourth-order valence-electron chi connectivity index (χ4n) is 0. The molecule has 0 aliphatic carbocycles. The van der Waals surface area contributed by atoms with Gasteiger partial charge in [-0.25, -0.2) is 0 Å². The molecule has 0 atom stereocenters. The normalized spacial score (nSPS) is 0. The smallest absolute Gasteiger partial charge is 0 e. The molecule has 0 aliphatic heterocycles. The predicted octanol–water partition coefficient (Wildman–Crippen LogP) is -0.0100. The fraction of sp³-hybridized carbons (Fsp3) is 0. The van der Waals surface area contributed by atoms with Gasteiger partial charge in [-0.05, 0) is 0 Å². The topological polar surface area (TPSA) is 0 Å². The Morgan fingerprint density at radius 1 is 0.500 bits per heavy atom. The van der Waals surface area contributed by atoms with E-state index in [-0.39, 0.29) is 99.0 Å². The van der Waals surface area contributed by atoms with Crippen molar-refractivity contribution in [2.45, 2.75) is 0 Å². The standard InChI is InChI=1S/3Cd.Cu. The van der Waals surface area contributed by atoms with Crippen molar-refractivity contribution in [3.63, 3.8) is 0 Å². The molecule has 0 aromatic carbocycles. The zero-order chi connectivity index (χ0) is 0. The second-order valence-corrected chi connectivity index (χ2v) is 0. The van der Waals surface area contributed by atoms with Gasteiger partial charge in [-0.1, -0.05) is 0 Å². The van der Waals surface area contributed by atoms with Crippen molar-refractivity contribution in [3.05, 3.63) is 0 Å². The van der Waals surface area contributed by atoms with Gasteiger partial charge in [-0.15, -0.1) is 0 Å². The van der Waals surface area contributed by atoms with Crippen molar-refractivity contribution >= 4 is 0 Å². The maximum absolute atomic E-state index is 0. The van der Waals surface area contributed by atoms with Crippen LogP contribution in [0.4, 0.5) is 0 Å². The minimum Gasteiger partial charge on any atom is 0 e. The van der Waals surface area contributed by atoms with Crippen LogP contribution < -0.4 is 0 Å². The first-order valence-corrected chi connectivity index (χ1v) is 0. The van der Waals surface area contributed by atoms with Crippen molar-refractivity contribution in [2.75, 3.05) is 0 Å². The fourth-order valence-corrected chi connectivity index (χ4v) is 0. The minimum atomic E-state index is 0. The number of hydrogen-bond acceptors (Lipinski definition) is 0. The largest absolute Gasteiger partial charge is 0 e. The first-order chi connectivity index (χ1) is 0. The molecule has 0 amide bonds.